The van der Waals surface area contributed by atoms with E-state index in [4.69, 9.17) is 0 Å². The van der Waals surface area contributed by atoms with Crippen molar-refractivity contribution in [3.8, 4) is 0 Å². The Morgan fingerprint density at radius 3 is 2.38 bits per heavy atom. The van der Waals surface area contributed by atoms with Crippen LogP contribution in [0.1, 0.15) is 24.1 Å². The summed E-state index contributed by atoms with van der Waals surface area (Å²) in [7, 11) is 0. The van der Waals surface area contributed by atoms with Crippen molar-refractivity contribution < 1.29 is 9.59 Å². The van der Waals surface area contributed by atoms with Gasteiger partial charge in [0.2, 0.25) is 11.8 Å². The maximum atomic E-state index is 12.3. The lowest BCUT2D eigenvalue weighted by Crippen LogP contribution is -2.52. The summed E-state index contributed by atoms with van der Waals surface area (Å²) in [5.74, 6) is 0.728. The van der Waals surface area contributed by atoms with Gasteiger partial charge in [0, 0.05) is 46.8 Å². The number of amides is 2. The second kappa shape index (κ2) is 6.48. The summed E-state index contributed by atoms with van der Waals surface area (Å²) in [6.45, 7) is 2.72. The van der Waals surface area contributed by atoms with E-state index in [2.05, 4.69) is 15.9 Å². The Balaban J connectivity index is 1.48. The van der Waals surface area contributed by atoms with Gasteiger partial charge in [-0.25, -0.2) is 0 Å². The number of carbonyl (C=O) groups excluding carboxylic acids is 2. The number of halogens is 1. The molecule has 4 nitrogen and oxygen atoms in total. The van der Waals surface area contributed by atoms with Crippen LogP contribution >= 0.6 is 27.3 Å². The topological polar surface area (TPSA) is 40.6 Å². The maximum Gasteiger partial charge on any atom is 0.227 e. The van der Waals surface area contributed by atoms with E-state index in [1.54, 1.807) is 11.3 Å². The summed E-state index contributed by atoms with van der Waals surface area (Å²) in [6.07, 6.45) is 3.74. The van der Waals surface area contributed by atoms with Crippen molar-refractivity contribution in [1.82, 2.24) is 9.80 Å². The van der Waals surface area contributed by atoms with E-state index in [0.29, 0.717) is 38.5 Å². The van der Waals surface area contributed by atoms with Gasteiger partial charge in [-0.2, -0.15) is 0 Å². The van der Waals surface area contributed by atoms with E-state index in [1.165, 1.54) is 6.42 Å². The summed E-state index contributed by atoms with van der Waals surface area (Å²) >= 11 is 5.01. The Bertz CT molecular complexity index is 534. The van der Waals surface area contributed by atoms with Gasteiger partial charge in [0.1, 0.15) is 0 Å². The third kappa shape index (κ3) is 3.48. The number of rotatable bonds is 3. The monoisotopic (exact) mass is 370 g/mol. The molecule has 114 valence electrons. The van der Waals surface area contributed by atoms with Gasteiger partial charge in [-0.15, -0.1) is 11.3 Å². The minimum Gasteiger partial charge on any atom is -0.339 e. The molecule has 0 atom stereocenters. The molecule has 2 fully saturated rings. The minimum absolute atomic E-state index is 0.167. The second-order valence-electron chi connectivity index (χ2n) is 5.74. The predicted octanol–water partition coefficient (Wildman–Crippen LogP) is 2.52. The normalized spacial score (nSPS) is 19.5. The predicted molar refractivity (Wildman–Crippen MR) is 86.2 cm³/mol. The Kier molecular flexibility index (Phi) is 4.64. The van der Waals surface area contributed by atoms with Crippen LogP contribution in [0.15, 0.2) is 15.9 Å². The molecule has 1 aromatic rings. The Morgan fingerprint density at radius 1 is 1.19 bits per heavy atom. The SMILES string of the molecule is O=C(Cc1cc(Br)cs1)N1CCN(C(=O)C2CCC2)CC1. The van der Waals surface area contributed by atoms with Gasteiger partial charge in [0.05, 0.1) is 6.42 Å². The van der Waals surface area contributed by atoms with Gasteiger partial charge >= 0.3 is 0 Å². The van der Waals surface area contributed by atoms with E-state index in [1.807, 2.05) is 21.2 Å². The van der Waals surface area contributed by atoms with Gasteiger partial charge in [0.15, 0.2) is 0 Å². The lowest BCUT2D eigenvalue weighted by atomic mass is 9.84. The van der Waals surface area contributed by atoms with Crippen LogP contribution in [0.5, 0.6) is 0 Å². The summed E-state index contributed by atoms with van der Waals surface area (Å²) in [5.41, 5.74) is 0. The fourth-order valence-electron chi connectivity index (χ4n) is 2.80. The van der Waals surface area contributed by atoms with E-state index >= 15 is 0 Å². The summed E-state index contributed by atoms with van der Waals surface area (Å²) in [5, 5.41) is 2.00. The highest BCUT2D eigenvalue weighted by molar-refractivity contribution is 9.10. The molecular weight excluding hydrogens is 352 g/mol. The molecule has 0 spiro atoms. The van der Waals surface area contributed by atoms with Crippen LogP contribution in [0.2, 0.25) is 0 Å². The second-order valence-corrected chi connectivity index (χ2v) is 7.65. The van der Waals surface area contributed by atoms with E-state index in [9.17, 15) is 9.59 Å². The molecule has 0 unspecified atom stereocenters. The standard InChI is InChI=1S/C15H19BrN2O2S/c16-12-8-13(21-10-12)9-14(19)17-4-6-18(7-5-17)15(20)11-2-1-3-11/h8,10-11H,1-7,9H2. The molecule has 1 aromatic heterocycles. The molecular formula is C15H19BrN2O2S. The summed E-state index contributed by atoms with van der Waals surface area (Å²) in [4.78, 5) is 29.3. The molecule has 3 rings (SSSR count). The van der Waals surface area contributed by atoms with Crippen molar-refractivity contribution in [2.75, 3.05) is 26.2 Å². The number of thiophene rings is 1. The van der Waals surface area contributed by atoms with Crippen molar-refractivity contribution in [3.63, 3.8) is 0 Å². The fourth-order valence-corrected chi connectivity index (χ4v) is 4.24. The van der Waals surface area contributed by atoms with Gasteiger partial charge in [-0.05, 0) is 34.8 Å². The van der Waals surface area contributed by atoms with Crippen LogP contribution in [-0.2, 0) is 16.0 Å². The number of piperazine rings is 1. The zero-order chi connectivity index (χ0) is 14.8. The van der Waals surface area contributed by atoms with Gasteiger partial charge < -0.3 is 9.80 Å². The molecule has 2 amide bonds. The molecule has 21 heavy (non-hydrogen) atoms. The minimum atomic E-state index is 0.167. The van der Waals surface area contributed by atoms with E-state index in [0.717, 1.165) is 22.2 Å². The highest BCUT2D eigenvalue weighted by atomic mass is 79.9. The maximum absolute atomic E-state index is 12.3. The Morgan fingerprint density at radius 2 is 1.86 bits per heavy atom. The molecule has 6 heteroatoms. The van der Waals surface area contributed by atoms with Gasteiger partial charge in [-0.1, -0.05) is 6.42 Å². The van der Waals surface area contributed by atoms with Crippen molar-refractivity contribution in [2.45, 2.75) is 25.7 Å². The first-order valence-electron chi connectivity index (χ1n) is 7.43. The first-order chi connectivity index (χ1) is 10.1. The number of carbonyl (C=O) groups is 2. The van der Waals surface area contributed by atoms with Crippen LogP contribution in [0.3, 0.4) is 0 Å². The smallest absolute Gasteiger partial charge is 0.227 e. The first kappa shape index (κ1) is 15.0. The number of hydrogen-bond donors (Lipinski definition) is 0. The average molecular weight is 371 g/mol. The number of nitrogens with zero attached hydrogens (tertiary/aromatic N) is 2. The lowest BCUT2D eigenvalue weighted by Gasteiger charge is -2.38. The molecule has 1 aliphatic carbocycles. The zero-order valence-electron chi connectivity index (χ0n) is 11.9. The zero-order valence-corrected chi connectivity index (χ0v) is 14.3. The third-order valence-corrected chi connectivity index (χ3v) is 6.04. The fraction of sp³-hybridized carbons (Fsp3) is 0.600. The molecule has 1 saturated heterocycles. The van der Waals surface area contributed by atoms with Crippen LogP contribution in [0, 0.1) is 5.92 Å². The van der Waals surface area contributed by atoms with Gasteiger partial charge in [-0.3, -0.25) is 9.59 Å². The molecule has 2 aliphatic rings. The molecule has 1 saturated carbocycles. The summed E-state index contributed by atoms with van der Waals surface area (Å²) < 4.78 is 1.03. The van der Waals surface area contributed by atoms with Gasteiger partial charge in [0.25, 0.3) is 0 Å². The lowest BCUT2D eigenvalue weighted by molar-refractivity contribution is -0.143. The van der Waals surface area contributed by atoms with E-state index < -0.39 is 0 Å². The van der Waals surface area contributed by atoms with Crippen molar-refractivity contribution in [2.24, 2.45) is 5.92 Å². The largest absolute Gasteiger partial charge is 0.339 e. The molecule has 2 heterocycles. The van der Waals surface area contributed by atoms with Crippen LogP contribution in [0.4, 0.5) is 0 Å². The number of hydrogen-bond acceptors (Lipinski definition) is 3. The van der Waals surface area contributed by atoms with Crippen molar-refractivity contribution in [3.05, 3.63) is 20.8 Å². The summed E-state index contributed by atoms with van der Waals surface area (Å²) in [6, 6.07) is 2.00. The third-order valence-electron chi connectivity index (χ3n) is 4.35. The van der Waals surface area contributed by atoms with Crippen LogP contribution in [-0.4, -0.2) is 47.8 Å². The quantitative estimate of drug-likeness (QED) is 0.819. The Hall–Kier alpha value is -0.880. The molecule has 0 bridgehead atoms. The van der Waals surface area contributed by atoms with Crippen molar-refractivity contribution >= 4 is 39.1 Å². The highest BCUT2D eigenvalue weighted by Gasteiger charge is 2.31. The Labute approximate surface area is 137 Å². The molecule has 0 N–H and O–H groups in total. The van der Waals surface area contributed by atoms with Crippen LogP contribution in [0.25, 0.3) is 0 Å². The van der Waals surface area contributed by atoms with Crippen molar-refractivity contribution in [1.29, 1.82) is 0 Å². The average Bonchev–Trinajstić information content (AvgIpc) is 2.82. The molecule has 1 aliphatic heterocycles. The van der Waals surface area contributed by atoms with E-state index in [-0.39, 0.29) is 11.8 Å². The van der Waals surface area contributed by atoms with Crippen LogP contribution < -0.4 is 0 Å². The molecule has 0 radical (unpaired) electrons. The first-order valence-corrected chi connectivity index (χ1v) is 9.10. The highest BCUT2D eigenvalue weighted by Crippen LogP contribution is 2.28. The molecule has 0 aromatic carbocycles.